The Morgan fingerprint density at radius 1 is 1.19 bits per heavy atom. The SMILES string of the molecule is COC(=O)C1(NC(=O)OC(C)(C)C)CC2CCCC(C1)S2. The first-order valence-electron chi connectivity index (χ1n) is 7.49. The number of ether oxygens (including phenoxy) is 2. The van der Waals surface area contributed by atoms with Gasteiger partial charge in [0, 0.05) is 10.5 Å². The lowest BCUT2D eigenvalue weighted by atomic mass is 9.82. The summed E-state index contributed by atoms with van der Waals surface area (Å²) in [6.07, 6.45) is 4.09. The Labute approximate surface area is 130 Å². The molecule has 0 radical (unpaired) electrons. The molecule has 1 amide bonds. The second kappa shape index (κ2) is 6.07. The quantitative estimate of drug-likeness (QED) is 0.794. The molecule has 1 N–H and O–H groups in total. The Kier molecular flexibility index (Phi) is 4.76. The molecular weight excluding hydrogens is 290 g/mol. The first-order chi connectivity index (χ1) is 9.74. The summed E-state index contributed by atoms with van der Waals surface area (Å²) in [5.74, 6) is -0.356. The molecule has 2 rings (SSSR count). The average molecular weight is 315 g/mol. The summed E-state index contributed by atoms with van der Waals surface area (Å²) in [7, 11) is 1.37. The van der Waals surface area contributed by atoms with E-state index >= 15 is 0 Å². The van der Waals surface area contributed by atoms with Gasteiger partial charge in [-0.25, -0.2) is 9.59 Å². The van der Waals surface area contributed by atoms with E-state index in [1.807, 2.05) is 32.5 Å². The van der Waals surface area contributed by atoms with Gasteiger partial charge in [-0.05, 0) is 46.5 Å². The lowest BCUT2D eigenvalue weighted by molar-refractivity contribution is -0.149. The van der Waals surface area contributed by atoms with Gasteiger partial charge in [-0.2, -0.15) is 11.8 Å². The van der Waals surface area contributed by atoms with Crippen LogP contribution in [0.25, 0.3) is 0 Å². The molecule has 2 aliphatic rings. The lowest BCUT2D eigenvalue weighted by Gasteiger charge is -2.45. The zero-order valence-electron chi connectivity index (χ0n) is 13.2. The lowest BCUT2D eigenvalue weighted by Crippen LogP contribution is -2.61. The van der Waals surface area contributed by atoms with Gasteiger partial charge in [0.25, 0.3) is 0 Å². The van der Waals surface area contributed by atoms with Crippen LogP contribution in [0.4, 0.5) is 4.79 Å². The highest BCUT2D eigenvalue weighted by Crippen LogP contribution is 2.46. The Balaban J connectivity index is 2.14. The van der Waals surface area contributed by atoms with E-state index in [1.165, 1.54) is 13.5 Å². The average Bonchev–Trinajstić information content (AvgIpc) is 2.34. The van der Waals surface area contributed by atoms with Crippen molar-refractivity contribution in [1.29, 1.82) is 0 Å². The number of carbonyl (C=O) groups is 2. The number of carbonyl (C=O) groups excluding carboxylic acids is 2. The molecule has 0 spiro atoms. The molecule has 2 saturated heterocycles. The van der Waals surface area contributed by atoms with Crippen LogP contribution in [-0.4, -0.2) is 40.8 Å². The summed E-state index contributed by atoms with van der Waals surface area (Å²) in [6, 6.07) is 0. The third-order valence-corrected chi connectivity index (χ3v) is 5.48. The van der Waals surface area contributed by atoms with Crippen molar-refractivity contribution in [2.75, 3.05) is 7.11 Å². The van der Waals surface area contributed by atoms with Gasteiger partial charge in [0.1, 0.15) is 11.1 Å². The molecule has 0 aromatic heterocycles. The molecule has 2 atom stereocenters. The van der Waals surface area contributed by atoms with Crippen LogP contribution in [0.2, 0.25) is 0 Å². The van der Waals surface area contributed by atoms with Crippen LogP contribution in [0, 0.1) is 0 Å². The first kappa shape index (κ1) is 16.5. The molecule has 21 heavy (non-hydrogen) atoms. The molecule has 0 aromatic carbocycles. The fraction of sp³-hybridized carbons (Fsp3) is 0.867. The van der Waals surface area contributed by atoms with Gasteiger partial charge in [0.2, 0.25) is 0 Å². The van der Waals surface area contributed by atoms with Crippen molar-refractivity contribution in [3.63, 3.8) is 0 Å². The summed E-state index contributed by atoms with van der Waals surface area (Å²) in [4.78, 5) is 24.4. The largest absolute Gasteiger partial charge is 0.467 e. The van der Waals surface area contributed by atoms with E-state index in [0.29, 0.717) is 23.3 Å². The summed E-state index contributed by atoms with van der Waals surface area (Å²) >= 11 is 1.94. The number of fused-ring (bicyclic) bond motifs is 2. The molecule has 0 aromatic rings. The second-order valence-electron chi connectivity index (χ2n) is 6.92. The highest BCUT2D eigenvalue weighted by Gasteiger charge is 2.50. The van der Waals surface area contributed by atoms with Gasteiger partial charge >= 0.3 is 12.1 Å². The fourth-order valence-electron chi connectivity index (χ4n) is 3.16. The third-order valence-electron chi connectivity index (χ3n) is 3.91. The zero-order valence-corrected chi connectivity index (χ0v) is 14.0. The minimum atomic E-state index is -0.932. The number of rotatable bonds is 2. The molecule has 2 fully saturated rings. The summed E-state index contributed by atoms with van der Waals surface area (Å²) in [6.45, 7) is 5.43. The number of hydrogen-bond donors (Lipinski definition) is 1. The predicted octanol–water partition coefficient (Wildman–Crippen LogP) is 2.87. The fourth-order valence-corrected chi connectivity index (χ4v) is 5.07. The number of hydrogen-bond acceptors (Lipinski definition) is 5. The van der Waals surface area contributed by atoms with Crippen molar-refractivity contribution < 1.29 is 19.1 Å². The molecule has 0 saturated carbocycles. The Morgan fingerprint density at radius 3 is 2.24 bits per heavy atom. The molecule has 2 bridgehead atoms. The van der Waals surface area contributed by atoms with Crippen LogP contribution in [0.5, 0.6) is 0 Å². The summed E-state index contributed by atoms with van der Waals surface area (Å²) in [5, 5.41) is 3.64. The van der Waals surface area contributed by atoms with Crippen molar-refractivity contribution in [3.05, 3.63) is 0 Å². The van der Waals surface area contributed by atoms with E-state index in [1.54, 1.807) is 0 Å². The normalized spacial score (nSPS) is 32.2. The smallest absolute Gasteiger partial charge is 0.408 e. The number of alkyl carbamates (subject to hydrolysis) is 1. The van der Waals surface area contributed by atoms with Gasteiger partial charge in [-0.1, -0.05) is 6.42 Å². The van der Waals surface area contributed by atoms with E-state index in [0.717, 1.165) is 12.8 Å². The highest BCUT2D eigenvalue weighted by molar-refractivity contribution is 8.00. The molecule has 2 unspecified atom stereocenters. The molecule has 0 aliphatic carbocycles. The molecule has 6 heteroatoms. The molecule has 2 heterocycles. The minimum absolute atomic E-state index is 0.356. The van der Waals surface area contributed by atoms with Crippen molar-refractivity contribution in [2.45, 2.75) is 74.5 Å². The standard InChI is InChI=1S/C15H25NO4S/c1-14(2,3)20-13(18)16-15(12(17)19-4)8-10-6-5-7-11(9-15)21-10/h10-11H,5-9H2,1-4H3,(H,16,18). The van der Waals surface area contributed by atoms with E-state index < -0.39 is 17.2 Å². The maximum absolute atomic E-state index is 12.3. The summed E-state index contributed by atoms with van der Waals surface area (Å²) in [5.41, 5.74) is -1.52. The number of nitrogens with one attached hydrogen (secondary N) is 1. The predicted molar refractivity (Wildman–Crippen MR) is 82.4 cm³/mol. The van der Waals surface area contributed by atoms with E-state index in [2.05, 4.69) is 5.32 Å². The van der Waals surface area contributed by atoms with Crippen molar-refractivity contribution in [2.24, 2.45) is 0 Å². The Bertz CT molecular complexity index is 406. The van der Waals surface area contributed by atoms with E-state index in [-0.39, 0.29) is 5.97 Å². The zero-order chi connectivity index (χ0) is 15.7. The van der Waals surface area contributed by atoms with Gasteiger partial charge in [0.15, 0.2) is 0 Å². The monoisotopic (exact) mass is 315 g/mol. The van der Waals surface area contributed by atoms with Crippen molar-refractivity contribution in [3.8, 4) is 0 Å². The van der Waals surface area contributed by atoms with Crippen LogP contribution in [0.3, 0.4) is 0 Å². The van der Waals surface area contributed by atoms with Gasteiger partial charge in [0.05, 0.1) is 7.11 Å². The van der Waals surface area contributed by atoms with Crippen LogP contribution in [-0.2, 0) is 14.3 Å². The number of thioether (sulfide) groups is 1. The van der Waals surface area contributed by atoms with Crippen molar-refractivity contribution >= 4 is 23.8 Å². The third kappa shape index (κ3) is 4.05. The number of esters is 1. The van der Waals surface area contributed by atoms with Gasteiger partial charge in [-0.3, -0.25) is 0 Å². The minimum Gasteiger partial charge on any atom is -0.467 e. The number of methoxy groups -OCH3 is 1. The Hall–Kier alpha value is -0.910. The maximum atomic E-state index is 12.3. The van der Waals surface area contributed by atoms with Gasteiger partial charge in [-0.15, -0.1) is 0 Å². The van der Waals surface area contributed by atoms with Gasteiger partial charge < -0.3 is 14.8 Å². The number of amides is 1. The topological polar surface area (TPSA) is 64.6 Å². The van der Waals surface area contributed by atoms with Crippen LogP contribution < -0.4 is 5.32 Å². The van der Waals surface area contributed by atoms with E-state index in [4.69, 9.17) is 9.47 Å². The molecular formula is C15H25NO4S. The molecule has 120 valence electrons. The summed E-state index contributed by atoms with van der Waals surface area (Å²) < 4.78 is 10.3. The van der Waals surface area contributed by atoms with Crippen LogP contribution in [0.1, 0.15) is 52.9 Å². The highest BCUT2D eigenvalue weighted by atomic mass is 32.2. The molecule has 2 aliphatic heterocycles. The van der Waals surface area contributed by atoms with Crippen molar-refractivity contribution in [1.82, 2.24) is 5.32 Å². The van der Waals surface area contributed by atoms with E-state index in [9.17, 15) is 9.59 Å². The Morgan fingerprint density at radius 2 is 1.76 bits per heavy atom. The van der Waals surface area contributed by atoms with Crippen LogP contribution >= 0.6 is 11.8 Å². The maximum Gasteiger partial charge on any atom is 0.408 e. The second-order valence-corrected chi connectivity index (χ2v) is 8.53. The first-order valence-corrected chi connectivity index (χ1v) is 8.43. The van der Waals surface area contributed by atoms with Crippen LogP contribution in [0.15, 0.2) is 0 Å². The molecule has 5 nitrogen and oxygen atoms in total.